The highest BCUT2D eigenvalue weighted by molar-refractivity contribution is 7.47. The van der Waals surface area contributed by atoms with E-state index in [1.807, 2.05) is 0 Å². The zero-order valence-corrected chi connectivity index (χ0v) is 88.3. The second-order valence-electron chi connectivity index (χ2n) is 37.1. The van der Waals surface area contributed by atoms with Crippen LogP contribution in [0.15, 0.2) is 170 Å². The van der Waals surface area contributed by atoms with Crippen LogP contribution in [0.4, 0.5) is 0 Å². The molecule has 0 aromatic carbocycles. The van der Waals surface area contributed by atoms with Gasteiger partial charge in [0.1, 0.15) is 25.4 Å². The lowest BCUT2D eigenvalue weighted by Gasteiger charge is -2.21. The van der Waals surface area contributed by atoms with Crippen LogP contribution >= 0.6 is 15.6 Å². The summed E-state index contributed by atoms with van der Waals surface area (Å²) in [5.41, 5.74) is 0. The van der Waals surface area contributed by atoms with Crippen LogP contribution in [0.5, 0.6) is 0 Å². The number of aliphatic hydroxyl groups excluding tert-OH is 2. The van der Waals surface area contributed by atoms with E-state index >= 15 is 0 Å². The Morgan fingerprint density at radius 3 is 0.622 bits per heavy atom. The minimum absolute atomic E-state index is 0.103. The van der Waals surface area contributed by atoms with E-state index in [4.69, 9.17) is 32.3 Å². The van der Waals surface area contributed by atoms with Crippen LogP contribution in [0.1, 0.15) is 496 Å². The average Bonchev–Trinajstić information content (AvgIpc) is 0.895. The molecule has 135 heavy (non-hydrogen) atoms. The number of allylic oxidation sites excluding steroid dienone is 28. The number of phosphoric acid groups is 2. The SMILES string of the molecule is CC/C=C\C/C=C\C/C=C\C/C=C\C/C=C\CCCCCCCCCCCCCCCCCCCC(=O)OCC(COP(=O)(O)OCC(O)COP(=O)(O)OCC(O)COC(=O)CCCCCCCCCCCCCCCCCCCCC/C=C\C/C=C\C/C=C\C/C=C\CCCCC)OC(=O)CCCCCCCCCCCCCCCCC/C=C\C/C=C\C/C=C\C/C=C\C/C=C\CC. The van der Waals surface area contributed by atoms with Gasteiger partial charge in [0.2, 0.25) is 0 Å². The molecule has 18 heteroatoms. The number of aliphatic hydroxyl groups is 2. The molecule has 0 heterocycles. The Morgan fingerprint density at radius 1 is 0.215 bits per heavy atom. The van der Waals surface area contributed by atoms with E-state index in [-0.39, 0.29) is 19.3 Å². The second-order valence-corrected chi connectivity index (χ2v) is 40.0. The monoisotopic (exact) mass is 1930 g/mol. The Morgan fingerprint density at radius 2 is 0.393 bits per heavy atom. The number of hydrogen-bond donors (Lipinski definition) is 4. The van der Waals surface area contributed by atoms with Crippen molar-refractivity contribution in [3.8, 4) is 0 Å². The summed E-state index contributed by atoms with van der Waals surface area (Å²) < 4.78 is 61.9. The molecule has 0 aliphatic carbocycles. The molecular weight excluding hydrogens is 1720 g/mol. The summed E-state index contributed by atoms with van der Waals surface area (Å²) in [6.45, 7) is 2.53. The van der Waals surface area contributed by atoms with Crippen molar-refractivity contribution in [2.24, 2.45) is 0 Å². The molecule has 5 unspecified atom stereocenters. The fraction of sp³-hybridized carbons (Fsp3) is 0.735. The summed E-state index contributed by atoms with van der Waals surface area (Å²) in [7, 11) is -9.82. The lowest BCUT2D eigenvalue weighted by molar-refractivity contribution is -0.161. The predicted octanol–water partition coefficient (Wildman–Crippen LogP) is 35.7. The molecule has 0 spiro atoms. The van der Waals surface area contributed by atoms with Gasteiger partial charge in [-0.15, -0.1) is 0 Å². The number of carbonyl (C=O) groups excluding carboxylic acids is 3. The summed E-state index contributed by atoms with van der Waals surface area (Å²) in [5, 5.41) is 20.8. The van der Waals surface area contributed by atoms with Gasteiger partial charge in [-0.2, -0.15) is 0 Å². The first kappa shape index (κ1) is 130. The van der Waals surface area contributed by atoms with E-state index in [1.165, 1.54) is 283 Å². The maximum atomic E-state index is 13.2. The van der Waals surface area contributed by atoms with Crippen molar-refractivity contribution in [1.29, 1.82) is 0 Å². The van der Waals surface area contributed by atoms with Gasteiger partial charge in [0.05, 0.1) is 26.4 Å². The van der Waals surface area contributed by atoms with Crippen molar-refractivity contribution in [2.45, 2.75) is 514 Å². The van der Waals surface area contributed by atoms with Crippen LogP contribution in [0, 0.1) is 0 Å². The quantitative estimate of drug-likeness (QED) is 0.0146. The standard InChI is InChI=1S/C117H204O16P2/c1-4-7-10-13-16-19-22-25-28-31-34-37-40-43-46-49-52-54-55-57-60-61-64-67-70-73-76-79-82-85-88-91-94-97-100-103-115(120)127-106-112(118)107-129-134(123,124)130-108-113(119)109-131-135(125,126)132-111-114(133-117(122)105-102-99-96-93-90-87-84-81-78-75-72-69-66-63-58-51-48-45-42-39-36-33-30-27-24-21-18-15-12-9-6-3)110-128-116(121)104-101-98-95-92-89-86-83-80-77-74-71-68-65-62-59-56-53-50-47-44-41-38-35-32-29-26-23-20-17-14-11-8-5-2/h8-9,11-12,16-21,25-30,34-39,43-48,112-114,118-119H,4-7,10,13-15,22-24,31-33,40-42,49-111H2,1-3H3,(H,123,124)(H,125,126)/b11-8-,12-9-,19-16-,20-17-,21-18-,28-25-,29-26-,30-27-,37-34-,38-35-,39-36-,46-43-,47-44-,48-45-. The Kier molecular flexibility index (Phi) is 104. The smallest absolute Gasteiger partial charge is 0.463 e. The Hall–Kier alpha value is -5.09. The molecule has 0 saturated carbocycles. The maximum Gasteiger partial charge on any atom is 0.472 e. The largest absolute Gasteiger partial charge is 0.472 e. The number of ether oxygens (including phenoxy) is 3. The Bertz CT molecular complexity index is 3140. The lowest BCUT2D eigenvalue weighted by Crippen LogP contribution is -2.30. The zero-order chi connectivity index (χ0) is 97.8. The fourth-order valence-electron chi connectivity index (χ4n) is 15.6. The van der Waals surface area contributed by atoms with Crippen LogP contribution < -0.4 is 0 Å². The van der Waals surface area contributed by atoms with Crippen molar-refractivity contribution in [3.05, 3.63) is 170 Å². The van der Waals surface area contributed by atoms with Gasteiger partial charge in [0, 0.05) is 19.3 Å². The first-order valence-corrected chi connectivity index (χ1v) is 58.4. The topological polar surface area (TPSA) is 231 Å². The normalized spacial score (nSPS) is 14.2. The van der Waals surface area contributed by atoms with Crippen LogP contribution in [0.2, 0.25) is 0 Å². The van der Waals surface area contributed by atoms with Gasteiger partial charge in [-0.05, 0) is 154 Å². The molecule has 0 saturated heterocycles. The van der Waals surface area contributed by atoms with E-state index in [0.717, 1.165) is 154 Å². The third-order valence-corrected chi connectivity index (χ3v) is 25.8. The molecule has 778 valence electrons. The molecule has 0 radical (unpaired) electrons. The fourth-order valence-corrected chi connectivity index (χ4v) is 17.2. The van der Waals surface area contributed by atoms with Crippen LogP contribution in [0.25, 0.3) is 0 Å². The van der Waals surface area contributed by atoms with Crippen molar-refractivity contribution >= 4 is 33.6 Å². The lowest BCUT2D eigenvalue weighted by atomic mass is 10.0. The van der Waals surface area contributed by atoms with Crippen LogP contribution in [-0.2, 0) is 55.8 Å². The zero-order valence-electron chi connectivity index (χ0n) is 86.5. The molecule has 0 bridgehead atoms. The highest BCUT2D eigenvalue weighted by atomic mass is 31.2. The van der Waals surface area contributed by atoms with Gasteiger partial charge in [0.15, 0.2) is 6.10 Å². The summed E-state index contributed by atoms with van der Waals surface area (Å²) in [6.07, 6.45) is 143. The Balaban J connectivity index is 4.58. The third kappa shape index (κ3) is 109. The average molecular weight is 1930 g/mol. The molecule has 5 atom stereocenters. The number of phosphoric ester groups is 2. The summed E-state index contributed by atoms with van der Waals surface area (Å²) in [4.78, 5) is 59.4. The summed E-state index contributed by atoms with van der Waals surface area (Å²) in [5.74, 6) is -1.55. The number of rotatable bonds is 105. The van der Waals surface area contributed by atoms with Crippen LogP contribution in [0.3, 0.4) is 0 Å². The number of unbranched alkanes of at least 4 members (excludes halogenated alkanes) is 54. The second kappa shape index (κ2) is 108. The van der Waals surface area contributed by atoms with Crippen molar-refractivity contribution in [2.75, 3.05) is 39.6 Å². The minimum Gasteiger partial charge on any atom is -0.463 e. The highest BCUT2D eigenvalue weighted by Gasteiger charge is 2.30. The van der Waals surface area contributed by atoms with Crippen molar-refractivity contribution < 1.29 is 75.8 Å². The van der Waals surface area contributed by atoms with Gasteiger partial charge < -0.3 is 34.2 Å². The van der Waals surface area contributed by atoms with Gasteiger partial charge in [-0.1, -0.05) is 493 Å². The Labute approximate surface area is 828 Å². The van der Waals surface area contributed by atoms with E-state index in [9.17, 15) is 43.5 Å². The van der Waals surface area contributed by atoms with Gasteiger partial charge in [-0.3, -0.25) is 32.5 Å². The molecule has 0 aliphatic heterocycles. The summed E-state index contributed by atoms with van der Waals surface area (Å²) in [6, 6.07) is 0. The van der Waals surface area contributed by atoms with E-state index in [0.29, 0.717) is 19.3 Å². The molecule has 0 rings (SSSR count). The number of hydrogen-bond acceptors (Lipinski definition) is 14. The highest BCUT2D eigenvalue weighted by Crippen LogP contribution is 2.45. The molecular formula is C117H204O16P2. The third-order valence-electron chi connectivity index (χ3n) is 23.9. The minimum atomic E-state index is -4.95. The molecule has 0 amide bonds. The summed E-state index contributed by atoms with van der Waals surface area (Å²) >= 11 is 0. The van der Waals surface area contributed by atoms with Crippen LogP contribution in [-0.4, -0.2) is 95.9 Å². The predicted molar refractivity (Wildman–Crippen MR) is 574 cm³/mol. The molecule has 0 fully saturated rings. The van der Waals surface area contributed by atoms with E-state index in [1.54, 1.807) is 0 Å². The molecule has 0 aliphatic rings. The van der Waals surface area contributed by atoms with Gasteiger partial charge in [-0.25, -0.2) is 9.13 Å². The molecule has 0 aromatic rings. The number of carbonyl (C=O) groups is 3. The molecule has 16 nitrogen and oxygen atoms in total. The first-order valence-electron chi connectivity index (χ1n) is 55.4. The van der Waals surface area contributed by atoms with Gasteiger partial charge in [0.25, 0.3) is 0 Å². The molecule has 4 N–H and O–H groups in total. The maximum absolute atomic E-state index is 13.2. The van der Waals surface area contributed by atoms with Crippen molar-refractivity contribution in [1.82, 2.24) is 0 Å². The number of esters is 3. The van der Waals surface area contributed by atoms with Crippen molar-refractivity contribution in [3.63, 3.8) is 0 Å². The first-order chi connectivity index (χ1) is 66.2. The van der Waals surface area contributed by atoms with Gasteiger partial charge >= 0.3 is 33.6 Å². The molecule has 0 aromatic heterocycles. The van der Waals surface area contributed by atoms with E-state index < -0.39 is 91.5 Å². The van der Waals surface area contributed by atoms with E-state index in [2.05, 4.69) is 191 Å².